The van der Waals surface area contributed by atoms with Crippen LogP contribution in [0.15, 0.2) is 36.8 Å². The van der Waals surface area contributed by atoms with Crippen LogP contribution in [0.5, 0.6) is 0 Å². The highest BCUT2D eigenvalue weighted by Crippen LogP contribution is 2.08. The van der Waals surface area contributed by atoms with Crippen molar-refractivity contribution in [2.45, 2.75) is 45.2 Å². The maximum absolute atomic E-state index is 4.48. The van der Waals surface area contributed by atoms with Gasteiger partial charge in [0.15, 0.2) is 0 Å². The summed E-state index contributed by atoms with van der Waals surface area (Å²) in [4.78, 5) is 8.87. The molecule has 0 radical (unpaired) electrons. The highest BCUT2D eigenvalue weighted by molar-refractivity contribution is 5.04. The van der Waals surface area contributed by atoms with E-state index in [0.717, 1.165) is 37.9 Å². The lowest BCUT2D eigenvalue weighted by atomic mass is 10.1. The fourth-order valence-electron chi connectivity index (χ4n) is 2.41. The number of pyridine rings is 1. The zero-order valence-corrected chi connectivity index (χ0v) is 12.4. The molecule has 0 aliphatic heterocycles. The van der Waals surface area contributed by atoms with E-state index in [4.69, 9.17) is 0 Å². The molecule has 0 saturated carbocycles. The second-order valence-electron chi connectivity index (χ2n) is 5.09. The van der Waals surface area contributed by atoms with Crippen LogP contribution in [0.4, 0.5) is 0 Å². The molecule has 20 heavy (non-hydrogen) atoms. The van der Waals surface area contributed by atoms with Gasteiger partial charge < -0.3 is 9.88 Å². The topological polar surface area (TPSA) is 42.7 Å². The third-order valence-corrected chi connectivity index (χ3v) is 3.58. The van der Waals surface area contributed by atoms with Gasteiger partial charge in [-0.2, -0.15) is 0 Å². The molecule has 0 bridgehead atoms. The number of hydrogen-bond donors (Lipinski definition) is 1. The molecular formula is C16H24N4. The van der Waals surface area contributed by atoms with Gasteiger partial charge in [-0.15, -0.1) is 0 Å². The van der Waals surface area contributed by atoms with Crippen LogP contribution in [0, 0.1) is 0 Å². The van der Waals surface area contributed by atoms with Crippen LogP contribution >= 0.6 is 0 Å². The van der Waals surface area contributed by atoms with Gasteiger partial charge in [0.05, 0.1) is 0 Å². The molecule has 4 nitrogen and oxygen atoms in total. The van der Waals surface area contributed by atoms with Crippen LogP contribution < -0.4 is 5.32 Å². The van der Waals surface area contributed by atoms with Crippen molar-refractivity contribution in [3.05, 3.63) is 48.3 Å². The van der Waals surface area contributed by atoms with Crippen LogP contribution in [0.3, 0.4) is 0 Å². The van der Waals surface area contributed by atoms with E-state index < -0.39 is 0 Å². The van der Waals surface area contributed by atoms with Crippen molar-refractivity contribution in [1.29, 1.82) is 0 Å². The lowest BCUT2D eigenvalue weighted by Crippen LogP contribution is -2.29. The quantitative estimate of drug-likeness (QED) is 0.802. The molecule has 0 fully saturated rings. The molecule has 2 rings (SSSR count). The van der Waals surface area contributed by atoms with Gasteiger partial charge in [0.1, 0.15) is 5.82 Å². The van der Waals surface area contributed by atoms with Crippen molar-refractivity contribution < 1.29 is 0 Å². The average Bonchev–Trinajstić information content (AvgIpc) is 2.92. The molecule has 0 aliphatic carbocycles. The molecule has 0 amide bonds. The Bertz CT molecular complexity index is 492. The van der Waals surface area contributed by atoms with E-state index in [1.807, 2.05) is 31.6 Å². The van der Waals surface area contributed by atoms with Crippen molar-refractivity contribution in [2.24, 2.45) is 0 Å². The lowest BCUT2D eigenvalue weighted by molar-refractivity contribution is 0.491. The maximum atomic E-state index is 4.48. The van der Waals surface area contributed by atoms with Crippen molar-refractivity contribution in [1.82, 2.24) is 19.9 Å². The van der Waals surface area contributed by atoms with Crippen molar-refractivity contribution in [3.63, 3.8) is 0 Å². The SMILES string of the molecule is CCCn1ccnc1CC(CCc1ccccn1)NC. The smallest absolute Gasteiger partial charge is 0.110 e. The molecule has 0 saturated heterocycles. The highest BCUT2D eigenvalue weighted by atomic mass is 15.1. The summed E-state index contributed by atoms with van der Waals surface area (Å²) in [6.07, 6.45) is 10.0. The second-order valence-corrected chi connectivity index (χ2v) is 5.09. The van der Waals surface area contributed by atoms with Crippen molar-refractivity contribution >= 4 is 0 Å². The van der Waals surface area contributed by atoms with Gasteiger partial charge in [-0.3, -0.25) is 4.98 Å². The van der Waals surface area contributed by atoms with Gasteiger partial charge >= 0.3 is 0 Å². The minimum absolute atomic E-state index is 0.440. The molecule has 1 unspecified atom stereocenters. The largest absolute Gasteiger partial charge is 0.335 e. The standard InChI is InChI=1S/C16H24N4/c1-3-11-20-12-10-19-16(20)13-15(17-2)8-7-14-6-4-5-9-18-14/h4-6,9-10,12,15,17H,3,7-8,11,13H2,1-2H3. The summed E-state index contributed by atoms with van der Waals surface area (Å²) < 4.78 is 2.26. The predicted molar refractivity (Wildman–Crippen MR) is 81.6 cm³/mol. The number of nitrogens with zero attached hydrogens (tertiary/aromatic N) is 3. The van der Waals surface area contributed by atoms with Gasteiger partial charge in [-0.05, 0) is 38.4 Å². The van der Waals surface area contributed by atoms with Crippen LogP contribution in [0.25, 0.3) is 0 Å². The summed E-state index contributed by atoms with van der Waals surface area (Å²) >= 11 is 0. The average molecular weight is 272 g/mol. The molecule has 0 aromatic carbocycles. The lowest BCUT2D eigenvalue weighted by Gasteiger charge is -2.16. The Morgan fingerprint density at radius 2 is 2.15 bits per heavy atom. The second kappa shape index (κ2) is 7.80. The molecule has 2 aromatic heterocycles. The fraction of sp³-hybridized carbons (Fsp3) is 0.500. The van der Waals surface area contributed by atoms with E-state index in [2.05, 4.69) is 39.0 Å². The molecule has 4 heteroatoms. The van der Waals surface area contributed by atoms with E-state index in [9.17, 15) is 0 Å². The molecular weight excluding hydrogens is 248 g/mol. The summed E-state index contributed by atoms with van der Waals surface area (Å²) in [6.45, 7) is 3.24. The fourth-order valence-corrected chi connectivity index (χ4v) is 2.41. The summed E-state index contributed by atoms with van der Waals surface area (Å²) in [5.74, 6) is 1.17. The molecule has 0 spiro atoms. The molecule has 2 aromatic rings. The van der Waals surface area contributed by atoms with Crippen LogP contribution in [0.1, 0.15) is 31.3 Å². The Balaban J connectivity index is 1.90. The monoisotopic (exact) mass is 272 g/mol. The minimum Gasteiger partial charge on any atom is -0.335 e. The van der Waals surface area contributed by atoms with E-state index in [0.29, 0.717) is 6.04 Å². The highest BCUT2D eigenvalue weighted by Gasteiger charge is 2.11. The van der Waals surface area contributed by atoms with E-state index in [-0.39, 0.29) is 0 Å². The first-order valence-electron chi connectivity index (χ1n) is 7.40. The van der Waals surface area contributed by atoms with Crippen LogP contribution in [0.2, 0.25) is 0 Å². The Morgan fingerprint density at radius 3 is 2.85 bits per heavy atom. The van der Waals surface area contributed by atoms with Crippen molar-refractivity contribution in [2.75, 3.05) is 7.05 Å². The first-order valence-corrected chi connectivity index (χ1v) is 7.40. The number of hydrogen-bond acceptors (Lipinski definition) is 3. The number of likely N-dealkylation sites (N-methyl/N-ethyl adjacent to an activating group) is 1. The Hall–Kier alpha value is -1.68. The maximum Gasteiger partial charge on any atom is 0.110 e. The Kier molecular flexibility index (Phi) is 5.74. The summed E-state index contributed by atoms with van der Waals surface area (Å²) in [6, 6.07) is 6.53. The Labute approximate surface area is 121 Å². The number of imidazole rings is 1. The normalized spacial score (nSPS) is 12.5. The predicted octanol–water partition coefficient (Wildman–Crippen LogP) is 2.45. The molecule has 1 atom stereocenters. The van der Waals surface area contributed by atoms with Gasteiger partial charge in [-0.1, -0.05) is 13.0 Å². The zero-order chi connectivity index (χ0) is 14.2. The van der Waals surface area contributed by atoms with E-state index >= 15 is 0 Å². The summed E-state index contributed by atoms with van der Waals surface area (Å²) in [7, 11) is 2.02. The third-order valence-electron chi connectivity index (χ3n) is 3.58. The van der Waals surface area contributed by atoms with Gasteiger partial charge in [0.25, 0.3) is 0 Å². The summed E-state index contributed by atoms with van der Waals surface area (Å²) in [5.41, 5.74) is 1.16. The van der Waals surface area contributed by atoms with Gasteiger partial charge in [-0.25, -0.2) is 4.98 Å². The number of nitrogens with one attached hydrogen (secondary N) is 1. The van der Waals surface area contributed by atoms with E-state index in [1.165, 1.54) is 5.82 Å². The van der Waals surface area contributed by atoms with E-state index in [1.54, 1.807) is 0 Å². The van der Waals surface area contributed by atoms with Crippen LogP contribution in [-0.4, -0.2) is 27.6 Å². The first-order chi connectivity index (χ1) is 9.83. The summed E-state index contributed by atoms with van der Waals surface area (Å²) in [5, 5.41) is 3.40. The van der Waals surface area contributed by atoms with Crippen LogP contribution in [-0.2, 0) is 19.4 Å². The first kappa shape index (κ1) is 14.7. The Morgan fingerprint density at radius 1 is 1.25 bits per heavy atom. The number of aryl methyl sites for hydroxylation is 2. The number of aromatic nitrogens is 3. The van der Waals surface area contributed by atoms with Crippen molar-refractivity contribution in [3.8, 4) is 0 Å². The van der Waals surface area contributed by atoms with Gasteiger partial charge in [0.2, 0.25) is 0 Å². The number of rotatable bonds is 8. The third kappa shape index (κ3) is 4.17. The molecule has 1 N–H and O–H groups in total. The molecule has 108 valence electrons. The van der Waals surface area contributed by atoms with Gasteiger partial charge in [0, 0.05) is 43.3 Å². The molecule has 0 aliphatic rings. The zero-order valence-electron chi connectivity index (χ0n) is 12.4. The molecule has 2 heterocycles. The minimum atomic E-state index is 0.440.